The summed E-state index contributed by atoms with van der Waals surface area (Å²) in [6, 6.07) is 1.94. The van der Waals surface area contributed by atoms with Gasteiger partial charge in [0.1, 0.15) is 0 Å². The lowest BCUT2D eigenvalue weighted by Crippen LogP contribution is -2.23. The molecule has 0 amide bonds. The van der Waals surface area contributed by atoms with Gasteiger partial charge in [0.25, 0.3) is 0 Å². The molecule has 17 heavy (non-hydrogen) atoms. The van der Waals surface area contributed by atoms with E-state index in [1.807, 2.05) is 33.0 Å². The van der Waals surface area contributed by atoms with Crippen molar-refractivity contribution in [2.45, 2.75) is 41.0 Å². The lowest BCUT2D eigenvalue weighted by molar-refractivity contribution is 0.422. The van der Waals surface area contributed by atoms with Gasteiger partial charge in [-0.25, -0.2) is 9.97 Å². The van der Waals surface area contributed by atoms with E-state index in [1.165, 1.54) is 6.42 Å². The van der Waals surface area contributed by atoms with Gasteiger partial charge in [0, 0.05) is 25.0 Å². The van der Waals surface area contributed by atoms with Crippen LogP contribution in [0.3, 0.4) is 0 Å². The predicted molar refractivity (Wildman–Crippen MR) is 73.3 cm³/mol. The Bertz CT molecular complexity index is 336. The highest BCUT2D eigenvalue weighted by Gasteiger charge is 2.26. The van der Waals surface area contributed by atoms with Crippen LogP contribution in [0.25, 0.3) is 0 Å². The molecule has 0 aliphatic carbocycles. The molecule has 3 nitrogen and oxygen atoms in total. The Morgan fingerprint density at radius 2 is 2.06 bits per heavy atom. The van der Waals surface area contributed by atoms with Gasteiger partial charge in [-0.2, -0.15) is 0 Å². The van der Waals surface area contributed by atoms with Crippen LogP contribution in [0.15, 0.2) is 12.3 Å². The molecule has 1 atom stereocenters. The summed E-state index contributed by atoms with van der Waals surface area (Å²) < 4.78 is 0. The minimum atomic E-state index is 0.764. The quantitative estimate of drug-likeness (QED) is 0.787. The maximum absolute atomic E-state index is 4.46. The van der Waals surface area contributed by atoms with Gasteiger partial charge < -0.3 is 4.90 Å². The van der Waals surface area contributed by atoms with E-state index >= 15 is 0 Å². The minimum absolute atomic E-state index is 0.764. The van der Waals surface area contributed by atoms with Crippen molar-refractivity contribution in [2.75, 3.05) is 18.0 Å². The van der Waals surface area contributed by atoms with Crippen LogP contribution >= 0.6 is 0 Å². The second kappa shape index (κ2) is 6.58. The lowest BCUT2D eigenvalue weighted by atomic mass is 9.95. The van der Waals surface area contributed by atoms with Crippen LogP contribution in [0.1, 0.15) is 39.8 Å². The third kappa shape index (κ3) is 3.69. The van der Waals surface area contributed by atoms with E-state index in [4.69, 9.17) is 0 Å². The Kier molecular flexibility index (Phi) is 5.39. The van der Waals surface area contributed by atoms with Gasteiger partial charge in [-0.1, -0.05) is 27.7 Å². The van der Waals surface area contributed by atoms with Gasteiger partial charge in [-0.3, -0.25) is 0 Å². The van der Waals surface area contributed by atoms with Gasteiger partial charge in [-0.15, -0.1) is 0 Å². The first kappa shape index (κ1) is 13.9. The fourth-order valence-corrected chi connectivity index (χ4v) is 2.10. The first-order chi connectivity index (χ1) is 8.16. The number of aryl methyl sites for hydroxylation is 1. The second-order valence-electron chi connectivity index (χ2n) is 4.74. The van der Waals surface area contributed by atoms with E-state index in [1.54, 1.807) is 0 Å². The average molecular weight is 235 g/mol. The molecule has 96 valence electrons. The lowest BCUT2D eigenvalue weighted by Gasteiger charge is -2.17. The summed E-state index contributed by atoms with van der Waals surface area (Å²) in [4.78, 5) is 11.1. The summed E-state index contributed by atoms with van der Waals surface area (Å²) >= 11 is 0. The van der Waals surface area contributed by atoms with E-state index in [2.05, 4.69) is 28.7 Å². The van der Waals surface area contributed by atoms with Gasteiger partial charge in [0.05, 0.1) is 0 Å². The highest BCUT2D eigenvalue weighted by molar-refractivity contribution is 5.31. The molecule has 0 radical (unpaired) electrons. The maximum atomic E-state index is 4.46. The number of nitrogens with zero attached hydrogens (tertiary/aromatic N) is 3. The summed E-state index contributed by atoms with van der Waals surface area (Å²) in [5, 5.41) is 0. The van der Waals surface area contributed by atoms with Crippen LogP contribution in [0, 0.1) is 18.8 Å². The molecule has 1 aliphatic heterocycles. The predicted octanol–water partition coefficient (Wildman–Crippen LogP) is 3.29. The molecule has 1 aromatic rings. The second-order valence-corrected chi connectivity index (χ2v) is 4.74. The monoisotopic (exact) mass is 235 g/mol. The summed E-state index contributed by atoms with van der Waals surface area (Å²) in [5.41, 5.74) is 1.05. The minimum Gasteiger partial charge on any atom is -0.341 e. The summed E-state index contributed by atoms with van der Waals surface area (Å²) in [7, 11) is 0. The van der Waals surface area contributed by atoms with Crippen molar-refractivity contribution in [3.05, 3.63) is 18.0 Å². The Labute approximate surface area is 105 Å². The molecule has 2 rings (SSSR count). The van der Waals surface area contributed by atoms with Crippen LogP contribution in [-0.4, -0.2) is 23.1 Å². The average Bonchev–Trinajstić information content (AvgIpc) is 2.81. The zero-order chi connectivity index (χ0) is 12.8. The molecule has 0 spiro atoms. The van der Waals surface area contributed by atoms with Crippen LogP contribution < -0.4 is 4.90 Å². The van der Waals surface area contributed by atoms with Crippen molar-refractivity contribution in [1.82, 2.24) is 9.97 Å². The van der Waals surface area contributed by atoms with Gasteiger partial charge >= 0.3 is 0 Å². The van der Waals surface area contributed by atoms with E-state index in [9.17, 15) is 0 Å². The van der Waals surface area contributed by atoms with Gasteiger partial charge in [0.2, 0.25) is 5.95 Å². The summed E-state index contributed by atoms with van der Waals surface area (Å²) in [5.74, 6) is 2.46. The Morgan fingerprint density at radius 1 is 1.35 bits per heavy atom. The Morgan fingerprint density at radius 3 is 2.59 bits per heavy atom. The van der Waals surface area contributed by atoms with E-state index in [-0.39, 0.29) is 0 Å². The smallest absolute Gasteiger partial charge is 0.225 e. The van der Waals surface area contributed by atoms with Gasteiger partial charge in [-0.05, 0) is 31.2 Å². The highest BCUT2D eigenvalue weighted by Crippen LogP contribution is 2.25. The third-order valence-corrected chi connectivity index (χ3v) is 3.23. The zero-order valence-electron chi connectivity index (χ0n) is 11.8. The van der Waals surface area contributed by atoms with Crippen LogP contribution in [0.4, 0.5) is 5.95 Å². The van der Waals surface area contributed by atoms with Crippen molar-refractivity contribution in [2.24, 2.45) is 11.8 Å². The molecule has 0 saturated carbocycles. The normalized spacial score (nSPS) is 19.2. The Hall–Kier alpha value is -1.12. The molecule has 1 aromatic heterocycles. The zero-order valence-corrected chi connectivity index (χ0v) is 11.8. The van der Waals surface area contributed by atoms with Crippen LogP contribution in [-0.2, 0) is 0 Å². The van der Waals surface area contributed by atoms with E-state index in [0.717, 1.165) is 36.6 Å². The largest absolute Gasteiger partial charge is 0.341 e. The standard InChI is InChI=1S/C12H19N3.C2H6/c1-9(2)11-5-7-15(8-11)12-13-6-4-10(3)14-12;1-2/h4,6,9,11H,5,7-8H2,1-3H3;1-2H3. The molecule has 0 N–H and O–H groups in total. The number of rotatable bonds is 2. The summed E-state index contributed by atoms with van der Waals surface area (Å²) in [6.07, 6.45) is 3.12. The molecule has 2 heterocycles. The number of hydrogen-bond donors (Lipinski definition) is 0. The Balaban J connectivity index is 0.000000686. The first-order valence-corrected chi connectivity index (χ1v) is 6.71. The first-order valence-electron chi connectivity index (χ1n) is 6.71. The van der Waals surface area contributed by atoms with Crippen molar-refractivity contribution in [3.8, 4) is 0 Å². The molecule has 3 heteroatoms. The molecule has 1 saturated heterocycles. The highest BCUT2D eigenvalue weighted by atomic mass is 15.3. The number of aromatic nitrogens is 2. The molecular weight excluding hydrogens is 210 g/mol. The maximum Gasteiger partial charge on any atom is 0.225 e. The number of hydrogen-bond acceptors (Lipinski definition) is 3. The van der Waals surface area contributed by atoms with E-state index < -0.39 is 0 Å². The molecule has 0 bridgehead atoms. The third-order valence-electron chi connectivity index (χ3n) is 3.23. The molecule has 1 aliphatic rings. The molecule has 1 unspecified atom stereocenters. The topological polar surface area (TPSA) is 29.0 Å². The van der Waals surface area contributed by atoms with Crippen molar-refractivity contribution in [1.29, 1.82) is 0 Å². The fourth-order valence-electron chi connectivity index (χ4n) is 2.10. The van der Waals surface area contributed by atoms with Crippen LogP contribution in [0.2, 0.25) is 0 Å². The van der Waals surface area contributed by atoms with Crippen molar-refractivity contribution in [3.63, 3.8) is 0 Å². The van der Waals surface area contributed by atoms with E-state index in [0.29, 0.717) is 0 Å². The van der Waals surface area contributed by atoms with Crippen molar-refractivity contribution < 1.29 is 0 Å². The summed E-state index contributed by atoms with van der Waals surface area (Å²) in [6.45, 7) is 12.8. The van der Waals surface area contributed by atoms with Crippen LogP contribution in [0.5, 0.6) is 0 Å². The molecule has 0 aromatic carbocycles. The fraction of sp³-hybridized carbons (Fsp3) is 0.714. The SMILES string of the molecule is CC.Cc1ccnc(N2CCC(C(C)C)C2)n1. The molecular formula is C14H25N3. The van der Waals surface area contributed by atoms with Gasteiger partial charge in [0.15, 0.2) is 0 Å². The number of anilines is 1. The molecule has 1 fully saturated rings. The van der Waals surface area contributed by atoms with Crippen molar-refractivity contribution >= 4 is 5.95 Å².